The fourth-order valence-electron chi connectivity index (χ4n) is 4.28. The molecule has 0 bridgehead atoms. The van der Waals surface area contributed by atoms with Gasteiger partial charge in [0.05, 0.1) is 14.2 Å². The molecule has 196 valence electrons. The van der Waals surface area contributed by atoms with Crippen molar-refractivity contribution in [1.29, 1.82) is 0 Å². The Morgan fingerprint density at radius 3 is 2.00 bits per heavy atom. The van der Waals surface area contributed by atoms with Crippen molar-refractivity contribution in [2.24, 2.45) is 0 Å². The normalized spacial score (nSPS) is 14.6. The second-order valence-electron chi connectivity index (χ2n) is 8.95. The first-order valence-electron chi connectivity index (χ1n) is 12.5. The van der Waals surface area contributed by atoms with Crippen LogP contribution in [0.2, 0.25) is 0 Å². The minimum Gasteiger partial charge on any atom is -0.489 e. The van der Waals surface area contributed by atoms with Crippen molar-refractivity contribution in [2.75, 3.05) is 14.2 Å². The lowest BCUT2D eigenvalue weighted by Gasteiger charge is -2.20. The maximum Gasteiger partial charge on any atom is 0.326 e. The van der Waals surface area contributed by atoms with Gasteiger partial charge in [-0.15, -0.1) is 0 Å². The molecule has 1 aromatic rings. The molecule has 1 aromatic carbocycles. The number of benzene rings is 1. The van der Waals surface area contributed by atoms with Crippen LogP contribution in [0, 0.1) is 0 Å². The van der Waals surface area contributed by atoms with Crippen LogP contribution < -0.4 is 5.32 Å². The molecule has 0 heterocycles. The topological polar surface area (TPSA) is 119 Å². The molecule has 0 saturated carbocycles. The molecule has 1 amide bonds. The number of carbonyl (C=O) groups is 4. The molecule has 2 N–H and O–H groups in total. The number of rotatable bonds is 16. The zero-order valence-electron chi connectivity index (χ0n) is 21.4. The number of ether oxygens (including phenoxy) is 2. The second-order valence-corrected chi connectivity index (χ2v) is 8.95. The van der Waals surface area contributed by atoms with E-state index in [9.17, 15) is 24.3 Å². The molecule has 1 aliphatic rings. The van der Waals surface area contributed by atoms with E-state index in [0.717, 1.165) is 44.1 Å². The largest absolute Gasteiger partial charge is 0.489 e. The van der Waals surface area contributed by atoms with Crippen molar-refractivity contribution in [2.45, 2.75) is 77.2 Å². The third kappa shape index (κ3) is 8.36. The van der Waals surface area contributed by atoms with Gasteiger partial charge in [-0.05, 0) is 31.7 Å². The summed E-state index contributed by atoms with van der Waals surface area (Å²) in [6.45, 7) is 1.65. The second kappa shape index (κ2) is 14.9. The molecule has 0 saturated heterocycles. The number of aliphatic carboxylic acids is 1. The summed E-state index contributed by atoms with van der Waals surface area (Å²) in [5.41, 5.74) is 1.78. The minimum atomic E-state index is -1.04. The number of unbranched alkanes of at least 4 members (excludes halogenated alkanes) is 6. The van der Waals surface area contributed by atoms with Gasteiger partial charge in [0.25, 0.3) is 0 Å². The molecule has 8 heteroatoms. The Hall–Kier alpha value is -3.42. The predicted octanol–water partition coefficient (Wildman–Crippen LogP) is 4.28. The quantitative estimate of drug-likeness (QED) is 0.257. The van der Waals surface area contributed by atoms with Crippen molar-refractivity contribution >= 4 is 23.4 Å². The van der Waals surface area contributed by atoms with Gasteiger partial charge in [-0.1, -0.05) is 62.4 Å². The van der Waals surface area contributed by atoms with Crippen molar-refractivity contribution < 1.29 is 33.8 Å². The summed E-state index contributed by atoms with van der Waals surface area (Å²) in [6.07, 6.45) is 7.40. The first-order valence-corrected chi connectivity index (χ1v) is 12.5. The van der Waals surface area contributed by atoms with Gasteiger partial charge in [0, 0.05) is 24.0 Å². The number of allylic oxidation sites excluding steroid dienone is 2. The van der Waals surface area contributed by atoms with E-state index in [1.807, 2.05) is 30.3 Å². The van der Waals surface area contributed by atoms with E-state index in [4.69, 9.17) is 9.47 Å². The van der Waals surface area contributed by atoms with E-state index in [1.54, 1.807) is 6.92 Å². The summed E-state index contributed by atoms with van der Waals surface area (Å²) >= 11 is 0. The highest BCUT2D eigenvalue weighted by atomic mass is 16.5. The maximum atomic E-state index is 12.6. The lowest BCUT2D eigenvalue weighted by molar-refractivity contribution is -0.141. The molecule has 0 fully saturated rings. The van der Waals surface area contributed by atoms with Gasteiger partial charge in [0.1, 0.15) is 6.04 Å². The Morgan fingerprint density at radius 2 is 1.42 bits per heavy atom. The number of hydrogen-bond acceptors (Lipinski definition) is 6. The zero-order chi connectivity index (χ0) is 26.5. The smallest absolute Gasteiger partial charge is 0.326 e. The van der Waals surface area contributed by atoms with Gasteiger partial charge in [0.2, 0.25) is 29.0 Å². The van der Waals surface area contributed by atoms with Crippen LogP contribution in [0.15, 0.2) is 53.0 Å². The number of carboxylic acids is 1. The van der Waals surface area contributed by atoms with Crippen LogP contribution in [0.4, 0.5) is 0 Å². The summed E-state index contributed by atoms with van der Waals surface area (Å²) < 4.78 is 10.2. The van der Waals surface area contributed by atoms with Crippen LogP contribution in [-0.2, 0) is 35.1 Å². The van der Waals surface area contributed by atoms with Crippen LogP contribution in [0.1, 0.15) is 70.3 Å². The Balaban J connectivity index is 1.61. The lowest BCUT2D eigenvalue weighted by Crippen LogP contribution is -2.42. The number of methoxy groups -OCH3 is 2. The van der Waals surface area contributed by atoms with Gasteiger partial charge in [-0.25, -0.2) is 4.79 Å². The van der Waals surface area contributed by atoms with Gasteiger partial charge in [-0.3, -0.25) is 14.4 Å². The standard InChI is InChI=1S/C28H37NO7/c1-19-21(25(32)27(36-3)26(35-2)24(19)31)16-12-7-5-4-6-8-13-17-23(30)29-22(28(33)34)18-20-14-10-9-11-15-20/h9-11,14-15,22H,4-8,12-13,16-18H2,1-3H3,(H,29,30)(H,33,34)/t22-/m1/s1. The number of carboxylic acid groups (broad SMARTS) is 1. The van der Waals surface area contributed by atoms with Gasteiger partial charge in [0.15, 0.2) is 0 Å². The fourth-order valence-corrected chi connectivity index (χ4v) is 4.28. The van der Waals surface area contributed by atoms with Crippen LogP contribution >= 0.6 is 0 Å². The fraction of sp³-hybridized carbons (Fsp3) is 0.500. The molecule has 1 atom stereocenters. The van der Waals surface area contributed by atoms with E-state index < -0.39 is 12.0 Å². The number of carbonyl (C=O) groups excluding carboxylic acids is 3. The third-order valence-electron chi connectivity index (χ3n) is 6.34. The number of hydrogen-bond donors (Lipinski definition) is 2. The van der Waals surface area contributed by atoms with Crippen LogP contribution in [0.3, 0.4) is 0 Å². The summed E-state index contributed by atoms with van der Waals surface area (Å²) in [7, 11) is 2.71. The third-order valence-corrected chi connectivity index (χ3v) is 6.34. The Labute approximate surface area is 212 Å². The number of Topliss-reactive ketones (excluding diaryl/α,β-unsaturated/α-hetero) is 2. The molecule has 36 heavy (non-hydrogen) atoms. The van der Waals surface area contributed by atoms with E-state index >= 15 is 0 Å². The highest BCUT2D eigenvalue weighted by molar-refractivity contribution is 6.23. The molecule has 0 aromatic heterocycles. The van der Waals surface area contributed by atoms with Crippen molar-refractivity contribution in [1.82, 2.24) is 5.32 Å². The van der Waals surface area contributed by atoms with Crippen LogP contribution in [0.5, 0.6) is 0 Å². The lowest BCUT2D eigenvalue weighted by atomic mass is 9.89. The van der Waals surface area contributed by atoms with Gasteiger partial charge in [-0.2, -0.15) is 0 Å². The highest BCUT2D eigenvalue weighted by Gasteiger charge is 2.34. The molecular formula is C28H37NO7. The van der Waals surface area contributed by atoms with E-state index in [-0.39, 0.29) is 35.4 Å². The van der Waals surface area contributed by atoms with Crippen molar-refractivity contribution in [3.63, 3.8) is 0 Å². The first-order chi connectivity index (χ1) is 17.3. The monoisotopic (exact) mass is 499 g/mol. The van der Waals surface area contributed by atoms with Gasteiger partial charge < -0.3 is 19.9 Å². The molecule has 1 aliphatic carbocycles. The molecular weight excluding hydrogens is 462 g/mol. The predicted molar refractivity (Wildman–Crippen MR) is 135 cm³/mol. The van der Waals surface area contributed by atoms with Gasteiger partial charge >= 0.3 is 5.97 Å². The molecule has 0 aliphatic heterocycles. The zero-order valence-corrected chi connectivity index (χ0v) is 21.4. The van der Waals surface area contributed by atoms with E-state index in [0.29, 0.717) is 30.4 Å². The Morgan fingerprint density at radius 1 is 0.861 bits per heavy atom. The molecule has 8 nitrogen and oxygen atoms in total. The summed E-state index contributed by atoms with van der Waals surface area (Å²) in [6, 6.07) is 8.31. The van der Waals surface area contributed by atoms with E-state index in [1.165, 1.54) is 14.2 Å². The summed E-state index contributed by atoms with van der Waals surface area (Å²) in [5, 5.41) is 12.0. The summed E-state index contributed by atoms with van der Waals surface area (Å²) in [4.78, 5) is 48.7. The Bertz CT molecular complexity index is 994. The maximum absolute atomic E-state index is 12.6. The average Bonchev–Trinajstić information content (AvgIpc) is 2.86. The van der Waals surface area contributed by atoms with Crippen molar-refractivity contribution in [3.8, 4) is 0 Å². The minimum absolute atomic E-state index is 0.0260. The number of amides is 1. The average molecular weight is 500 g/mol. The molecule has 0 unspecified atom stereocenters. The van der Waals surface area contributed by atoms with Crippen LogP contribution in [0.25, 0.3) is 0 Å². The molecule has 2 rings (SSSR count). The van der Waals surface area contributed by atoms with E-state index in [2.05, 4.69) is 5.32 Å². The number of ketones is 2. The number of nitrogens with one attached hydrogen (secondary N) is 1. The summed E-state index contributed by atoms with van der Waals surface area (Å²) in [5.74, 6) is -1.92. The Kier molecular flexibility index (Phi) is 11.9. The molecule has 0 spiro atoms. The SMILES string of the molecule is COC1=C(OC)C(=O)C(CCCCCCCCCC(=O)N[C@H](Cc2ccccc2)C(=O)O)=C(C)C1=O. The highest BCUT2D eigenvalue weighted by Crippen LogP contribution is 2.28. The van der Waals surface area contributed by atoms with Crippen molar-refractivity contribution in [3.05, 3.63) is 58.6 Å². The molecule has 0 radical (unpaired) electrons. The van der Waals surface area contributed by atoms with Crippen LogP contribution in [-0.4, -0.2) is 48.8 Å². The first kappa shape index (κ1) is 28.8.